The number of hydrogen-bond acceptors (Lipinski definition) is 6. The number of halogens is 1. The molecule has 0 bridgehead atoms. The SMILES string of the molecule is O=C(Nc1nnc([C@H]2CC(=O)N(c3ccc(Cl)cc3)C2)s1)c1ccco1. The highest BCUT2D eigenvalue weighted by molar-refractivity contribution is 7.15. The summed E-state index contributed by atoms with van der Waals surface area (Å²) in [5.41, 5.74) is 0.803. The summed E-state index contributed by atoms with van der Waals surface area (Å²) in [6.45, 7) is 0.515. The van der Waals surface area contributed by atoms with E-state index in [1.165, 1.54) is 17.6 Å². The number of anilines is 2. The van der Waals surface area contributed by atoms with Gasteiger partial charge in [-0.3, -0.25) is 14.9 Å². The second-order valence-electron chi connectivity index (χ2n) is 5.76. The van der Waals surface area contributed by atoms with E-state index in [4.69, 9.17) is 16.0 Å². The predicted octanol–water partition coefficient (Wildman–Crippen LogP) is 3.56. The molecule has 0 aliphatic carbocycles. The summed E-state index contributed by atoms with van der Waals surface area (Å²) in [7, 11) is 0. The van der Waals surface area contributed by atoms with E-state index in [-0.39, 0.29) is 23.5 Å². The molecule has 2 amide bonds. The molecule has 1 N–H and O–H groups in total. The molecule has 1 saturated heterocycles. The minimum atomic E-state index is -0.386. The van der Waals surface area contributed by atoms with E-state index >= 15 is 0 Å². The molecular weight excluding hydrogens is 376 g/mol. The third-order valence-corrected chi connectivity index (χ3v) is 5.27. The van der Waals surface area contributed by atoms with Crippen LogP contribution in [0.4, 0.5) is 10.8 Å². The van der Waals surface area contributed by atoms with Crippen LogP contribution in [0.25, 0.3) is 0 Å². The topological polar surface area (TPSA) is 88.3 Å². The molecule has 1 atom stereocenters. The Morgan fingerprint density at radius 3 is 2.81 bits per heavy atom. The minimum absolute atomic E-state index is 0.0219. The van der Waals surface area contributed by atoms with Crippen molar-refractivity contribution in [2.45, 2.75) is 12.3 Å². The maximum absolute atomic E-state index is 12.4. The lowest BCUT2D eigenvalue weighted by Crippen LogP contribution is -2.24. The summed E-state index contributed by atoms with van der Waals surface area (Å²) in [5, 5.41) is 12.5. The molecule has 0 spiro atoms. The van der Waals surface area contributed by atoms with E-state index in [0.717, 1.165) is 5.69 Å². The van der Waals surface area contributed by atoms with Gasteiger partial charge >= 0.3 is 0 Å². The van der Waals surface area contributed by atoms with Crippen LogP contribution in [0, 0.1) is 0 Å². The van der Waals surface area contributed by atoms with Crippen molar-refractivity contribution in [2.24, 2.45) is 0 Å². The number of rotatable bonds is 4. The van der Waals surface area contributed by atoms with E-state index in [9.17, 15) is 9.59 Å². The van der Waals surface area contributed by atoms with Gasteiger partial charge in [-0.25, -0.2) is 0 Å². The van der Waals surface area contributed by atoms with Crippen LogP contribution in [0.3, 0.4) is 0 Å². The lowest BCUT2D eigenvalue weighted by Gasteiger charge is -2.16. The molecule has 0 saturated carbocycles. The van der Waals surface area contributed by atoms with E-state index < -0.39 is 0 Å². The Balaban J connectivity index is 1.45. The number of benzene rings is 1. The van der Waals surface area contributed by atoms with Crippen LogP contribution in [-0.2, 0) is 4.79 Å². The van der Waals surface area contributed by atoms with Crippen LogP contribution < -0.4 is 10.2 Å². The molecular formula is C17H13ClN4O3S. The van der Waals surface area contributed by atoms with Crippen molar-refractivity contribution in [3.05, 3.63) is 58.5 Å². The second-order valence-corrected chi connectivity index (χ2v) is 7.20. The van der Waals surface area contributed by atoms with Crippen LogP contribution in [0.5, 0.6) is 0 Å². The van der Waals surface area contributed by atoms with Gasteiger partial charge in [0, 0.05) is 29.6 Å². The Hall–Kier alpha value is -2.71. The first kappa shape index (κ1) is 16.7. The minimum Gasteiger partial charge on any atom is -0.459 e. The van der Waals surface area contributed by atoms with Crippen LogP contribution in [0.15, 0.2) is 47.1 Å². The first-order valence-corrected chi connectivity index (χ1v) is 9.04. The Morgan fingerprint density at radius 2 is 2.08 bits per heavy atom. The number of hydrogen-bond donors (Lipinski definition) is 1. The molecule has 2 aromatic heterocycles. The molecule has 7 nitrogen and oxygen atoms in total. The molecule has 3 aromatic rings. The van der Waals surface area contributed by atoms with Crippen molar-refractivity contribution in [1.29, 1.82) is 0 Å². The summed E-state index contributed by atoms with van der Waals surface area (Å²) >= 11 is 7.16. The molecule has 3 heterocycles. The Kier molecular flexibility index (Phi) is 4.44. The molecule has 1 aliphatic rings. The first-order chi connectivity index (χ1) is 12.6. The van der Waals surface area contributed by atoms with Gasteiger partial charge in [0.05, 0.1) is 6.26 Å². The summed E-state index contributed by atoms with van der Waals surface area (Å²) in [6, 6.07) is 10.3. The van der Waals surface area contributed by atoms with Gasteiger partial charge in [0.15, 0.2) is 5.76 Å². The highest BCUT2D eigenvalue weighted by Gasteiger charge is 2.34. The van der Waals surface area contributed by atoms with Gasteiger partial charge in [-0.15, -0.1) is 10.2 Å². The molecule has 1 fully saturated rings. The van der Waals surface area contributed by atoms with Crippen molar-refractivity contribution in [2.75, 3.05) is 16.8 Å². The summed E-state index contributed by atoms with van der Waals surface area (Å²) in [4.78, 5) is 26.0. The lowest BCUT2D eigenvalue weighted by atomic mass is 10.1. The molecule has 1 aliphatic heterocycles. The maximum atomic E-state index is 12.4. The van der Waals surface area contributed by atoms with Crippen LogP contribution >= 0.6 is 22.9 Å². The standard InChI is InChI=1S/C17H13ClN4O3S/c18-11-3-5-12(6-4-11)22-9-10(8-14(22)23)16-20-21-17(26-16)19-15(24)13-2-1-7-25-13/h1-7,10H,8-9H2,(H,19,21,24)/t10-/m0/s1. The fourth-order valence-electron chi connectivity index (χ4n) is 2.76. The molecule has 26 heavy (non-hydrogen) atoms. The van der Waals surface area contributed by atoms with E-state index in [2.05, 4.69) is 15.5 Å². The largest absolute Gasteiger partial charge is 0.459 e. The molecule has 132 valence electrons. The molecule has 1 aromatic carbocycles. The Labute approximate surface area is 157 Å². The zero-order valence-corrected chi connectivity index (χ0v) is 15.0. The lowest BCUT2D eigenvalue weighted by molar-refractivity contribution is -0.117. The van der Waals surface area contributed by atoms with Crippen molar-refractivity contribution < 1.29 is 14.0 Å². The van der Waals surface area contributed by atoms with E-state index in [0.29, 0.717) is 28.1 Å². The van der Waals surface area contributed by atoms with E-state index in [1.807, 2.05) is 12.1 Å². The fraction of sp³-hybridized carbons (Fsp3) is 0.176. The zero-order chi connectivity index (χ0) is 18.1. The van der Waals surface area contributed by atoms with Gasteiger partial charge < -0.3 is 9.32 Å². The van der Waals surface area contributed by atoms with Gasteiger partial charge in [0.25, 0.3) is 5.91 Å². The number of aromatic nitrogens is 2. The van der Waals surface area contributed by atoms with Gasteiger partial charge in [0.1, 0.15) is 5.01 Å². The Bertz CT molecular complexity index is 939. The quantitative estimate of drug-likeness (QED) is 0.738. The summed E-state index contributed by atoms with van der Waals surface area (Å²) in [5.74, 6) is -0.228. The monoisotopic (exact) mass is 388 g/mol. The normalized spacial score (nSPS) is 16.9. The van der Waals surface area contributed by atoms with E-state index in [1.54, 1.807) is 29.2 Å². The maximum Gasteiger partial charge on any atom is 0.293 e. The number of nitrogens with zero attached hydrogens (tertiary/aromatic N) is 3. The van der Waals surface area contributed by atoms with Crippen molar-refractivity contribution >= 4 is 45.6 Å². The summed E-state index contributed by atoms with van der Waals surface area (Å²) in [6.07, 6.45) is 1.78. The molecule has 0 radical (unpaired) electrons. The number of carbonyl (C=O) groups excluding carboxylic acids is 2. The summed E-state index contributed by atoms with van der Waals surface area (Å²) < 4.78 is 5.04. The molecule has 4 rings (SSSR count). The fourth-order valence-corrected chi connectivity index (χ4v) is 3.72. The van der Waals surface area contributed by atoms with Crippen molar-refractivity contribution in [3.8, 4) is 0 Å². The van der Waals surface area contributed by atoms with Crippen LogP contribution in [-0.4, -0.2) is 28.6 Å². The number of carbonyl (C=O) groups is 2. The molecule has 0 unspecified atom stereocenters. The first-order valence-electron chi connectivity index (χ1n) is 7.84. The number of furan rings is 1. The van der Waals surface area contributed by atoms with Crippen LogP contribution in [0.1, 0.15) is 27.9 Å². The molecule has 9 heteroatoms. The van der Waals surface area contributed by atoms with Gasteiger partial charge in [-0.1, -0.05) is 22.9 Å². The third kappa shape index (κ3) is 3.33. The highest BCUT2D eigenvalue weighted by atomic mass is 35.5. The van der Waals surface area contributed by atoms with Crippen molar-refractivity contribution in [3.63, 3.8) is 0 Å². The zero-order valence-electron chi connectivity index (χ0n) is 13.4. The predicted molar refractivity (Wildman–Crippen MR) is 97.7 cm³/mol. The average Bonchev–Trinajstić information content (AvgIpc) is 3.36. The highest BCUT2D eigenvalue weighted by Crippen LogP contribution is 2.34. The Morgan fingerprint density at radius 1 is 1.27 bits per heavy atom. The average molecular weight is 389 g/mol. The third-order valence-electron chi connectivity index (χ3n) is 4.02. The van der Waals surface area contributed by atoms with Gasteiger partial charge in [-0.2, -0.15) is 0 Å². The van der Waals surface area contributed by atoms with Crippen molar-refractivity contribution in [1.82, 2.24) is 10.2 Å². The van der Waals surface area contributed by atoms with Gasteiger partial charge in [-0.05, 0) is 36.4 Å². The van der Waals surface area contributed by atoms with Crippen LogP contribution in [0.2, 0.25) is 5.02 Å². The van der Waals surface area contributed by atoms with Gasteiger partial charge in [0.2, 0.25) is 11.0 Å². The smallest absolute Gasteiger partial charge is 0.293 e. The second kappa shape index (κ2) is 6.89. The number of nitrogens with one attached hydrogen (secondary N) is 1. The number of amides is 2.